The molecule has 2 aromatic heterocycles. The summed E-state index contributed by atoms with van der Waals surface area (Å²) in [5.41, 5.74) is 4.15. The molecule has 32 heavy (non-hydrogen) atoms. The zero-order valence-electron chi connectivity index (χ0n) is 17.5. The van der Waals surface area contributed by atoms with Gasteiger partial charge < -0.3 is 9.47 Å². The maximum absolute atomic E-state index is 11.8. The predicted molar refractivity (Wildman–Crippen MR) is 117 cm³/mol. The second kappa shape index (κ2) is 8.84. The number of ether oxygens (including phenoxy) is 2. The highest BCUT2D eigenvalue weighted by molar-refractivity contribution is 5.75. The van der Waals surface area contributed by atoms with E-state index in [-0.39, 0.29) is 18.9 Å². The molecule has 0 aliphatic carbocycles. The highest BCUT2D eigenvalue weighted by atomic mass is 16.6. The first-order chi connectivity index (χ1) is 15.5. The fourth-order valence-electron chi connectivity index (χ4n) is 3.34. The molecule has 0 radical (unpaired) electrons. The van der Waals surface area contributed by atoms with E-state index in [1.165, 1.54) is 18.2 Å². The Morgan fingerprint density at radius 1 is 1.16 bits per heavy atom. The summed E-state index contributed by atoms with van der Waals surface area (Å²) >= 11 is 0. The Labute approximate surface area is 183 Å². The van der Waals surface area contributed by atoms with E-state index in [9.17, 15) is 14.9 Å². The zero-order valence-corrected chi connectivity index (χ0v) is 17.5. The smallest absolute Gasteiger partial charge is 0.344 e. The van der Waals surface area contributed by atoms with Crippen LogP contribution in [-0.4, -0.2) is 38.7 Å². The number of non-ortho nitro benzene ring substituents is 1. The van der Waals surface area contributed by atoms with Crippen LogP contribution in [0.3, 0.4) is 0 Å². The van der Waals surface area contributed by atoms with Gasteiger partial charge in [0.1, 0.15) is 5.75 Å². The molecular weight excluding hydrogens is 412 g/mol. The SMILES string of the molecule is CCOC(=O)COc1ccc([N+](=O)[O-])cc1-c1ccnc2cc(-c3cccc(C)c3)nn12. The van der Waals surface area contributed by atoms with E-state index in [4.69, 9.17) is 9.47 Å². The summed E-state index contributed by atoms with van der Waals surface area (Å²) in [7, 11) is 0. The average Bonchev–Trinajstić information content (AvgIpc) is 3.22. The number of benzene rings is 2. The van der Waals surface area contributed by atoms with E-state index < -0.39 is 10.9 Å². The molecule has 0 bridgehead atoms. The van der Waals surface area contributed by atoms with Crippen LogP contribution in [-0.2, 0) is 9.53 Å². The molecule has 0 N–H and O–H groups in total. The number of nitrogens with zero attached hydrogens (tertiary/aromatic N) is 4. The molecule has 162 valence electrons. The molecular formula is C23H20N4O5. The molecule has 4 rings (SSSR count). The Morgan fingerprint density at radius 3 is 2.75 bits per heavy atom. The molecule has 0 atom stereocenters. The summed E-state index contributed by atoms with van der Waals surface area (Å²) in [5, 5.41) is 16.1. The van der Waals surface area contributed by atoms with Crippen molar-refractivity contribution in [2.45, 2.75) is 13.8 Å². The molecule has 0 amide bonds. The number of rotatable bonds is 7. The highest BCUT2D eigenvalue weighted by Gasteiger charge is 2.18. The van der Waals surface area contributed by atoms with Crippen molar-refractivity contribution in [2.24, 2.45) is 0 Å². The summed E-state index contributed by atoms with van der Waals surface area (Å²) < 4.78 is 12.1. The lowest BCUT2D eigenvalue weighted by molar-refractivity contribution is -0.384. The second-order valence-corrected chi connectivity index (χ2v) is 7.03. The second-order valence-electron chi connectivity index (χ2n) is 7.03. The summed E-state index contributed by atoms with van der Waals surface area (Å²) in [6, 6.07) is 15.6. The molecule has 0 fully saturated rings. The Hall–Kier alpha value is -4.27. The van der Waals surface area contributed by atoms with Crippen LogP contribution in [0, 0.1) is 17.0 Å². The van der Waals surface area contributed by atoms with Gasteiger partial charge in [0.05, 0.1) is 22.9 Å². The van der Waals surface area contributed by atoms with Crippen LogP contribution in [0.5, 0.6) is 5.75 Å². The fourth-order valence-corrected chi connectivity index (χ4v) is 3.34. The monoisotopic (exact) mass is 432 g/mol. The summed E-state index contributed by atoms with van der Waals surface area (Å²) in [6.07, 6.45) is 1.60. The van der Waals surface area contributed by atoms with Crippen LogP contribution < -0.4 is 4.74 Å². The Balaban J connectivity index is 1.82. The van der Waals surface area contributed by atoms with Crippen molar-refractivity contribution in [2.75, 3.05) is 13.2 Å². The van der Waals surface area contributed by atoms with E-state index in [2.05, 4.69) is 10.1 Å². The molecule has 9 nitrogen and oxygen atoms in total. The quantitative estimate of drug-likeness (QED) is 0.244. The van der Waals surface area contributed by atoms with Crippen LogP contribution in [0.15, 0.2) is 60.8 Å². The van der Waals surface area contributed by atoms with Crippen molar-refractivity contribution in [3.8, 4) is 28.3 Å². The topological polar surface area (TPSA) is 109 Å². The largest absolute Gasteiger partial charge is 0.481 e. The average molecular weight is 432 g/mol. The third-order valence-corrected chi connectivity index (χ3v) is 4.77. The van der Waals surface area contributed by atoms with Gasteiger partial charge in [-0.2, -0.15) is 5.10 Å². The number of aryl methyl sites for hydroxylation is 1. The summed E-state index contributed by atoms with van der Waals surface area (Å²) in [5.74, 6) is -0.235. The van der Waals surface area contributed by atoms with E-state index in [0.717, 1.165) is 11.1 Å². The van der Waals surface area contributed by atoms with Gasteiger partial charge in [0.2, 0.25) is 0 Å². The van der Waals surface area contributed by atoms with Gasteiger partial charge in [0.25, 0.3) is 5.69 Å². The van der Waals surface area contributed by atoms with Crippen molar-refractivity contribution < 1.29 is 19.2 Å². The minimum atomic E-state index is -0.530. The Kier molecular flexibility index (Phi) is 5.80. The first kappa shape index (κ1) is 21.0. The number of carbonyl (C=O) groups excluding carboxylic acids is 1. The Bertz CT molecular complexity index is 1310. The van der Waals surface area contributed by atoms with Crippen molar-refractivity contribution in [1.29, 1.82) is 0 Å². The molecule has 0 aliphatic heterocycles. The van der Waals surface area contributed by atoms with Crippen LogP contribution in [0.4, 0.5) is 5.69 Å². The number of carbonyl (C=O) groups is 1. The van der Waals surface area contributed by atoms with Crippen molar-refractivity contribution in [3.63, 3.8) is 0 Å². The van der Waals surface area contributed by atoms with Gasteiger partial charge in [-0.15, -0.1) is 0 Å². The highest BCUT2D eigenvalue weighted by Crippen LogP contribution is 2.34. The Morgan fingerprint density at radius 2 is 2.00 bits per heavy atom. The lowest BCUT2D eigenvalue weighted by Crippen LogP contribution is -2.15. The predicted octanol–water partition coefficient (Wildman–Crippen LogP) is 4.22. The van der Waals surface area contributed by atoms with Gasteiger partial charge in [-0.3, -0.25) is 10.1 Å². The third kappa shape index (κ3) is 4.27. The molecule has 2 heterocycles. The number of nitro benzene ring substituents is 1. The van der Waals surface area contributed by atoms with Crippen LogP contribution in [0.1, 0.15) is 12.5 Å². The normalized spacial score (nSPS) is 10.8. The van der Waals surface area contributed by atoms with Gasteiger partial charge in [-0.05, 0) is 32.0 Å². The van der Waals surface area contributed by atoms with Gasteiger partial charge in [0.15, 0.2) is 12.3 Å². The maximum atomic E-state index is 11.8. The first-order valence-corrected chi connectivity index (χ1v) is 9.95. The number of aromatic nitrogens is 3. The van der Waals surface area contributed by atoms with E-state index in [1.54, 1.807) is 23.7 Å². The standard InChI is InChI=1S/C23H20N4O5/c1-3-31-23(28)14-32-21-8-7-17(27(29)30)12-18(21)20-9-10-24-22-13-19(25-26(20)22)16-6-4-5-15(2)11-16/h4-13H,3,14H2,1-2H3. The first-order valence-electron chi connectivity index (χ1n) is 9.95. The molecule has 0 saturated carbocycles. The molecule has 0 spiro atoms. The molecule has 4 aromatic rings. The van der Waals surface area contributed by atoms with Crippen LogP contribution in [0.25, 0.3) is 28.2 Å². The molecule has 9 heteroatoms. The molecule has 0 unspecified atom stereocenters. The number of esters is 1. The summed E-state index contributed by atoms with van der Waals surface area (Å²) in [6.45, 7) is 3.61. The van der Waals surface area contributed by atoms with E-state index >= 15 is 0 Å². The van der Waals surface area contributed by atoms with Gasteiger partial charge in [0, 0.05) is 35.5 Å². The zero-order chi connectivity index (χ0) is 22.7. The van der Waals surface area contributed by atoms with E-state index in [0.29, 0.717) is 28.3 Å². The minimum absolute atomic E-state index is 0.112. The number of hydrogen-bond acceptors (Lipinski definition) is 7. The van der Waals surface area contributed by atoms with Crippen molar-refractivity contribution >= 4 is 17.3 Å². The van der Waals surface area contributed by atoms with Gasteiger partial charge in [-0.25, -0.2) is 14.3 Å². The molecule has 0 saturated heterocycles. The fraction of sp³-hybridized carbons (Fsp3) is 0.174. The molecule has 2 aromatic carbocycles. The van der Waals surface area contributed by atoms with Gasteiger partial charge >= 0.3 is 5.97 Å². The van der Waals surface area contributed by atoms with Crippen molar-refractivity contribution in [3.05, 3.63) is 76.5 Å². The third-order valence-electron chi connectivity index (χ3n) is 4.77. The number of nitro groups is 1. The lowest BCUT2D eigenvalue weighted by Gasteiger charge is -2.12. The van der Waals surface area contributed by atoms with Crippen molar-refractivity contribution in [1.82, 2.24) is 14.6 Å². The number of hydrogen-bond donors (Lipinski definition) is 0. The van der Waals surface area contributed by atoms with Gasteiger partial charge in [-0.1, -0.05) is 23.8 Å². The van der Waals surface area contributed by atoms with E-state index in [1.807, 2.05) is 37.3 Å². The maximum Gasteiger partial charge on any atom is 0.344 e. The molecule has 0 aliphatic rings. The minimum Gasteiger partial charge on any atom is -0.481 e. The summed E-state index contributed by atoms with van der Waals surface area (Å²) in [4.78, 5) is 27.0. The van der Waals surface area contributed by atoms with Crippen LogP contribution >= 0.6 is 0 Å². The number of fused-ring (bicyclic) bond motifs is 1. The van der Waals surface area contributed by atoms with Crippen LogP contribution in [0.2, 0.25) is 0 Å². The lowest BCUT2D eigenvalue weighted by atomic mass is 10.1.